The van der Waals surface area contributed by atoms with Crippen LogP contribution in [-0.2, 0) is 26.0 Å². The number of esters is 1. The summed E-state index contributed by atoms with van der Waals surface area (Å²) in [6.07, 6.45) is 20.5. The molecule has 1 saturated heterocycles. The maximum absolute atomic E-state index is 14.8. The minimum Gasteiger partial charge on any atom is -0.460 e. The number of halogens is 1. The van der Waals surface area contributed by atoms with Crippen LogP contribution in [-0.4, -0.2) is 69.2 Å². The molecule has 8 heteroatoms. The number of likely N-dealkylation sites (tertiary alicyclic amines) is 1. The number of rotatable bonds is 11. The van der Waals surface area contributed by atoms with Gasteiger partial charge in [-0.1, -0.05) is 89.3 Å². The summed E-state index contributed by atoms with van der Waals surface area (Å²) in [6, 6.07) is 9.68. The molecular weight excluding hydrogens is 768 g/mol. The maximum atomic E-state index is 14.8. The molecule has 10 atom stereocenters. The zero-order chi connectivity index (χ0) is 42.9. The standard InChI is InChI=1S/C52H77FN2O4S/c1-36(2)40-18-27-52(54-30-33-55-31-21-39(22-32-55)60(8,57)58)29-28-49(6)42(45(40)52)14-15-44-48(5)23-19-41(47(3,4)43(48)20-24-50(44,49)7)38-16-25-51(35-53,26-17-38)46(56)59-34-37-12-10-9-11-13-37/h9-13,16,19,39-40,42-45,54H,1,14-15,17-18,20-35H2,2-8H3. The van der Waals surface area contributed by atoms with E-state index in [2.05, 4.69) is 70.5 Å². The number of nitrogens with one attached hydrogen (secondary N) is 1. The Bertz CT molecular complexity index is 1970. The fourth-order valence-electron chi connectivity index (χ4n) is 16.0. The Balaban J connectivity index is 0.981. The summed E-state index contributed by atoms with van der Waals surface area (Å²) in [5.41, 5.74) is 4.83. The van der Waals surface area contributed by atoms with Gasteiger partial charge in [-0.15, -0.1) is 0 Å². The molecule has 0 spiro atoms. The molecule has 6 nitrogen and oxygen atoms in total. The molecule has 0 bridgehead atoms. The van der Waals surface area contributed by atoms with Crippen LogP contribution in [0, 0.1) is 56.7 Å². The maximum Gasteiger partial charge on any atom is 0.315 e. The van der Waals surface area contributed by atoms with E-state index in [1.54, 1.807) is 0 Å². The van der Waals surface area contributed by atoms with Crippen LogP contribution in [0.25, 0.3) is 0 Å². The summed E-state index contributed by atoms with van der Waals surface area (Å²) in [7, 11) is -2.96. The average molecular weight is 845 g/mol. The van der Waals surface area contributed by atoms with Gasteiger partial charge in [-0.2, -0.15) is 0 Å². The first-order chi connectivity index (χ1) is 28.3. The normalized spacial score (nSPS) is 40.6. The molecule has 8 rings (SSSR count). The highest BCUT2D eigenvalue weighted by atomic mass is 32.2. The molecule has 0 aromatic heterocycles. The summed E-state index contributed by atoms with van der Waals surface area (Å²) in [5, 5.41) is 4.09. The second kappa shape index (κ2) is 16.1. The topological polar surface area (TPSA) is 75.7 Å². The van der Waals surface area contributed by atoms with Gasteiger partial charge in [-0.25, -0.2) is 12.8 Å². The Morgan fingerprint density at radius 2 is 1.62 bits per heavy atom. The molecule has 1 aromatic rings. The number of sulfone groups is 1. The van der Waals surface area contributed by atoms with Crippen molar-refractivity contribution in [3.63, 3.8) is 0 Å². The van der Waals surface area contributed by atoms with E-state index in [9.17, 15) is 17.6 Å². The SMILES string of the molecule is C=C(C)C1CCC2(NCCN3CCC(S(C)(=O)=O)CC3)CCC3(C)C(CCC4C5(C)CC=C(C6=CCC(CF)(C(=O)OCc7ccccc7)CC6)C(C)(C)C5CCC43C)C12. The number of fused-ring (bicyclic) bond motifs is 7. The van der Waals surface area contributed by atoms with E-state index in [1.165, 1.54) is 74.3 Å². The van der Waals surface area contributed by atoms with Crippen molar-refractivity contribution in [2.24, 2.45) is 56.7 Å². The van der Waals surface area contributed by atoms with Crippen LogP contribution >= 0.6 is 0 Å². The van der Waals surface area contributed by atoms with Crippen molar-refractivity contribution in [2.75, 3.05) is 39.1 Å². The van der Waals surface area contributed by atoms with E-state index in [-0.39, 0.29) is 39.1 Å². The Morgan fingerprint density at radius 3 is 2.27 bits per heavy atom. The minimum atomic E-state index is -2.96. The highest BCUT2D eigenvalue weighted by molar-refractivity contribution is 7.91. The van der Waals surface area contributed by atoms with E-state index in [1.807, 2.05) is 30.3 Å². The molecule has 1 heterocycles. The monoisotopic (exact) mass is 845 g/mol. The number of ether oxygens (including phenoxy) is 1. The first-order valence-corrected chi connectivity index (χ1v) is 25.8. The Kier molecular flexibility index (Phi) is 11.9. The molecule has 1 aliphatic heterocycles. The van der Waals surface area contributed by atoms with E-state index >= 15 is 0 Å². The van der Waals surface area contributed by atoms with Crippen LogP contribution in [0.15, 0.2) is 65.8 Å². The lowest BCUT2D eigenvalue weighted by Gasteiger charge is -2.72. The number of hydrogen-bond acceptors (Lipinski definition) is 6. The molecule has 0 radical (unpaired) electrons. The van der Waals surface area contributed by atoms with Gasteiger partial charge in [0.05, 0.1) is 10.7 Å². The molecule has 60 heavy (non-hydrogen) atoms. The highest BCUT2D eigenvalue weighted by Crippen LogP contribution is 2.76. The van der Waals surface area contributed by atoms with Crippen LogP contribution in [0.2, 0.25) is 0 Å². The fourth-order valence-corrected chi connectivity index (χ4v) is 17.1. The first kappa shape index (κ1) is 44.3. The Labute approximate surface area is 362 Å². The van der Waals surface area contributed by atoms with Crippen molar-refractivity contribution < 1.29 is 22.3 Å². The van der Waals surface area contributed by atoms with Gasteiger partial charge in [0.2, 0.25) is 0 Å². The first-order valence-electron chi connectivity index (χ1n) is 23.8. The quantitative estimate of drug-likeness (QED) is 0.177. The number of hydrogen-bond donors (Lipinski definition) is 1. The smallest absolute Gasteiger partial charge is 0.315 e. The third-order valence-electron chi connectivity index (χ3n) is 19.5. The molecule has 332 valence electrons. The van der Waals surface area contributed by atoms with E-state index in [0.29, 0.717) is 48.9 Å². The molecular formula is C52H77FN2O4S. The number of carbonyl (C=O) groups is 1. The predicted octanol–water partition coefficient (Wildman–Crippen LogP) is 10.8. The number of carbonyl (C=O) groups excluding carboxylic acids is 1. The number of benzene rings is 1. The fraction of sp³-hybridized carbons (Fsp3) is 0.750. The summed E-state index contributed by atoms with van der Waals surface area (Å²) >= 11 is 0. The second-order valence-corrected chi connectivity index (χ2v) is 24.9. The van der Waals surface area contributed by atoms with Crippen molar-refractivity contribution in [3.05, 3.63) is 71.3 Å². The van der Waals surface area contributed by atoms with Crippen LogP contribution in [0.1, 0.15) is 137 Å². The largest absolute Gasteiger partial charge is 0.460 e. The lowest BCUT2D eigenvalue weighted by molar-refractivity contribution is -0.221. The van der Waals surface area contributed by atoms with Gasteiger partial charge >= 0.3 is 5.97 Å². The molecule has 1 aromatic carbocycles. The number of piperidine rings is 1. The predicted molar refractivity (Wildman–Crippen MR) is 242 cm³/mol. The van der Waals surface area contributed by atoms with E-state index in [0.717, 1.165) is 51.0 Å². The summed E-state index contributed by atoms with van der Waals surface area (Å²) < 4.78 is 44.9. The molecule has 4 saturated carbocycles. The van der Waals surface area contributed by atoms with Crippen LogP contribution in [0.3, 0.4) is 0 Å². The number of allylic oxidation sites excluding steroid dienone is 5. The Hall–Kier alpha value is -2.29. The zero-order valence-electron chi connectivity index (χ0n) is 38.2. The van der Waals surface area contributed by atoms with Gasteiger partial charge in [-0.05, 0) is 178 Å². The number of alkyl halides is 1. The summed E-state index contributed by atoms with van der Waals surface area (Å²) in [5.74, 6) is 2.64. The van der Waals surface area contributed by atoms with E-state index in [4.69, 9.17) is 4.74 Å². The zero-order valence-corrected chi connectivity index (χ0v) is 39.0. The van der Waals surface area contributed by atoms with E-state index < -0.39 is 27.9 Å². The molecule has 10 unspecified atom stereocenters. The van der Waals surface area contributed by atoms with Gasteiger partial charge in [0, 0.05) is 24.9 Å². The van der Waals surface area contributed by atoms with Gasteiger partial charge in [0.15, 0.2) is 0 Å². The number of nitrogens with zero attached hydrogens (tertiary/aromatic N) is 1. The lowest BCUT2D eigenvalue weighted by Crippen LogP contribution is -2.68. The third kappa shape index (κ3) is 7.24. The molecule has 5 fully saturated rings. The third-order valence-corrected chi connectivity index (χ3v) is 21.2. The Morgan fingerprint density at radius 1 is 0.883 bits per heavy atom. The van der Waals surface area contributed by atoms with Gasteiger partial charge in [-0.3, -0.25) is 4.79 Å². The van der Waals surface area contributed by atoms with Gasteiger partial charge in [0.1, 0.15) is 23.1 Å². The van der Waals surface area contributed by atoms with Crippen molar-refractivity contribution in [1.82, 2.24) is 10.2 Å². The van der Waals surface area contributed by atoms with Crippen LogP contribution in [0.5, 0.6) is 0 Å². The van der Waals surface area contributed by atoms with Crippen molar-refractivity contribution in [1.29, 1.82) is 0 Å². The molecule has 6 aliphatic carbocycles. The molecule has 0 amide bonds. The average Bonchev–Trinajstić information content (AvgIpc) is 3.60. The van der Waals surface area contributed by atoms with Crippen LogP contribution < -0.4 is 5.32 Å². The van der Waals surface area contributed by atoms with Crippen LogP contribution in [0.4, 0.5) is 4.39 Å². The second-order valence-electron chi connectivity index (χ2n) is 22.6. The van der Waals surface area contributed by atoms with Gasteiger partial charge < -0.3 is 15.0 Å². The summed E-state index contributed by atoms with van der Waals surface area (Å²) in [4.78, 5) is 15.9. The van der Waals surface area contributed by atoms with Crippen molar-refractivity contribution >= 4 is 15.8 Å². The molecule has 7 aliphatic rings. The van der Waals surface area contributed by atoms with Crippen molar-refractivity contribution in [3.8, 4) is 0 Å². The molecule has 1 N–H and O–H groups in total. The highest BCUT2D eigenvalue weighted by Gasteiger charge is 2.70. The minimum absolute atomic E-state index is 0.0103. The van der Waals surface area contributed by atoms with Crippen molar-refractivity contribution in [2.45, 2.75) is 149 Å². The van der Waals surface area contributed by atoms with Gasteiger partial charge in [0.25, 0.3) is 0 Å². The lowest BCUT2D eigenvalue weighted by atomic mass is 9.33. The summed E-state index contributed by atoms with van der Waals surface area (Å²) in [6.45, 7) is 23.2.